The summed E-state index contributed by atoms with van der Waals surface area (Å²) in [5.41, 5.74) is 10.1. The smallest absolute Gasteiger partial charge is 0.323 e. The number of aromatic nitrogens is 4. The van der Waals surface area contributed by atoms with Crippen LogP contribution in [0.5, 0.6) is 0 Å². The Morgan fingerprint density at radius 2 is 2.11 bits per heavy atom. The summed E-state index contributed by atoms with van der Waals surface area (Å²) in [6.07, 6.45) is 2.70. The van der Waals surface area contributed by atoms with Crippen molar-refractivity contribution in [2.45, 2.75) is 6.42 Å². The van der Waals surface area contributed by atoms with Gasteiger partial charge in [-0.3, -0.25) is 4.68 Å². The molecule has 6 nitrogen and oxygen atoms in total. The van der Waals surface area contributed by atoms with Gasteiger partial charge in [-0.15, -0.1) is 0 Å². The van der Waals surface area contributed by atoms with Gasteiger partial charge in [-0.2, -0.15) is 5.10 Å². The Morgan fingerprint density at radius 3 is 2.89 bits per heavy atom. The van der Waals surface area contributed by atoms with Crippen molar-refractivity contribution in [2.24, 2.45) is 12.8 Å². The maximum atomic E-state index is 11.3. The largest absolute Gasteiger partial charge is 0.330 e. The van der Waals surface area contributed by atoms with Gasteiger partial charge in [0.25, 0.3) is 0 Å². The number of nitrogens with zero attached hydrogens (tertiary/aromatic N) is 2. The van der Waals surface area contributed by atoms with E-state index in [9.17, 15) is 4.79 Å². The molecule has 0 saturated heterocycles. The van der Waals surface area contributed by atoms with Gasteiger partial charge in [-0.1, -0.05) is 6.07 Å². The second-order valence-electron chi connectivity index (χ2n) is 4.54. The Kier molecular flexibility index (Phi) is 2.72. The molecule has 0 amide bonds. The topological polar surface area (TPSA) is 92.5 Å². The molecule has 0 aliphatic heterocycles. The lowest BCUT2D eigenvalue weighted by Crippen LogP contribution is -2.04. The van der Waals surface area contributed by atoms with Crippen LogP contribution in [0.1, 0.15) is 5.69 Å². The Hall–Kier alpha value is -2.34. The summed E-state index contributed by atoms with van der Waals surface area (Å²) in [5, 5.41) is 4.42. The molecule has 2 heterocycles. The number of hydrogen-bond donors (Lipinski definition) is 3. The molecule has 98 valence electrons. The average molecular weight is 257 g/mol. The van der Waals surface area contributed by atoms with Gasteiger partial charge in [-0.05, 0) is 24.2 Å². The predicted molar refractivity (Wildman–Crippen MR) is 73.9 cm³/mol. The molecule has 0 aliphatic rings. The average Bonchev–Trinajstić information content (AvgIpc) is 2.90. The van der Waals surface area contributed by atoms with Crippen molar-refractivity contribution < 1.29 is 0 Å². The molecule has 0 spiro atoms. The zero-order valence-corrected chi connectivity index (χ0v) is 10.6. The predicted octanol–water partition coefficient (Wildman–Crippen LogP) is 0.758. The molecule has 0 unspecified atom stereocenters. The van der Waals surface area contributed by atoms with Crippen molar-refractivity contribution in [1.29, 1.82) is 0 Å². The SMILES string of the molecule is Cn1cc(-c2ccc3[nH]c(=O)[nH]c3c2)c(CCN)n1. The van der Waals surface area contributed by atoms with Gasteiger partial charge < -0.3 is 15.7 Å². The fourth-order valence-electron chi connectivity index (χ4n) is 2.30. The summed E-state index contributed by atoms with van der Waals surface area (Å²) in [5.74, 6) is 0. The molecular formula is C13H15N5O. The number of H-pyrrole nitrogens is 2. The Balaban J connectivity index is 2.15. The van der Waals surface area contributed by atoms with Crippen LogP contribution < -0.4 is 11.4 Å². The number of imidazole rings is 1. The minimum absolute atomic E-state index is 0.194. The van der Waals surface area contributed by atoms with Crippen molar-refractivity contribution in [2.75, 3.05) is 6.54 Å². The summed E-state index contributed by atoms with van der Waals surface area (Å²) < 4.78 is 1.78. The van der Waals surface area contributed by atoms with E-state index in [1.165, 1.54) is 0 Å². The maximum Gasteiger partial charge on any atom is 0.323 e. The lowest BCUT2D eigenvalue weighted by atomic mass is 10.0. The van der Waals surface area contributed by atoms with Crippen LogP contribution in [0.3, 0.4) is 0 Å². The number of aryl methyl sites for hydroxylation is 1. The lowest BCUT2D eigenvalue weighted by Gasteiger charge is -2.01. The standard InChI is InChI=1S/C13H15N5O/c1-18-7-9(10(17-18)4-5-14)8-2-3-11-12(6-8)16-13(19)15-11/h2-3,6-7H,4-5,14H2,1H3,(H2,15,16,19). The monoisotopic (exact) mass is 257 g/mol. The summed E-state index contributed by atoms with van der Waals surface area (Å²) in [4.78, 5) is 16.8. The normalized spacial score (nSPS) is 11.3. The number of nitrogens with one attached hydrogen (secondary N) is 2. The number of aromatic amines is 2. The second kappa shape index (κ2) is 4.40. The van der Waals surface area contributed by atoms with Gasteiger partial charge in [-0.25, -0.2) is 4.79 Å². The van der Waals surface area contributed by atoms with Crippen molar-refractivity contribution in [3.05, 3.63) is 40.6 Å². The van der Waals surface area contributed by atoms with Crippen LogP contribution in [-0.4, -0.2) is 26.3 Å². The van der Waals surface area contributed by atoms with E-state index in [0.717, 1.165) is 34.3 Å². The van der Waals surface area contributed by atoms with Crippen molar-refractivity contribution >= 4 is 11.0 Å². The summed E-state index contributed by atoms with van der Waals surface area (Å²) in [6.45, 7) is 0.563. The van der Waals surface area contributed by atoms with Crippen LogP contribution >= 0.6 is 0 Å². The molecule has 0 radical (unpaired) electrons. The summed E-state index contributed by atoms with van der Waals surface area (Å²) in [6, 6.07) is 5.81. The van der Waals surface area contributed by atoms with Gasteiger partial charge in [0, 0.05) is 25.2 Å². The maximum absolute atomic E-state index is 11.3. The molecule has 0 fully saturated rings. The fraction of sp³-hybridized carbons (Fsp3) is 0.231. The van der Waals surface area contributed by atoms with E-state index in [1.807, 2.05) is 31.4 Å². The molecule has 3 aromatic rings. The first-order valence-electron chi connectivity index (χ1n) is 6.12. The third kappa shape index (κ3) is 2.06. The molecule has 0 aliphatic carbocycles. The van der Waals surface area contributed by atoms with Crippen LogP contribution in [0.2, 0.25) is 0 Å². The van der Waals surface area contributed by atoms with E-state index in [4.69, 9.17) is 5.73 Å². The van der Waals surface area contributed by atoms with Crippen LogP contribution in [0.15, 0.2) is 29.2 Å². The molecule has 4 N–H and O–H groups in total. The Labute approximate surface area is 109 Å². The number of fused-ring (bicyclic) bond motifs is 1. The van der Waals surface area contributed by atoms with E-state index in [2.05, 4.69) is 15.1 Å². The van der Waals surface area contributed by atoms with E-state index in [-0.39, 0.29) is 5.69 Å². The number of hydrogen-bond acceptors (Lipinski definition) is 3. The molecule has 2 aromatic heterocycles. The molecule has 3 rings (SSSR count). The van der Waals surface area contributed by atoms with Crippen molar-refractivity contribution in [3.63, 3.8) is 0 Å². The van der Waals surface area contributed by atoms with Crippen LogP contribution in [0.25, 0.3) is 22.2 Å². The third-order valence-corrected chi connectivity index (χ3v) is 3.11. The molecule has 19 heavy (non-hydrogen) atoms. The minimum Gasteiger partial charge on any atom is -0.330 e. The molecule has 0 atom stereocenters. The second-order valence-corrected chi connectivity index (χ2v) is 4.54. The van der Waals surface area contributed by atoms with E-state index >= 15 is 0 Å². The highest BCUT2D eigenvalue weighted by Crippen LogP contribution is 2.25. The van der Waals surface area contributed by atoms with Crippen LogP contribution in [-0.2, 0) is 13.5 Å². The minimum atomic E-state index is -0.194. The van der Waals surface area contributed by atoms with E-state index in [1.54, 1.807) is 4.68 Å². The summed E-state index contributed by atoms with van der Waals surface area (Å²) in [7, 11) is 1.89. The van der Waals surface area contributed by atoms with Gasteiger partial charge >= 0.3 is 5.69 Å². The van der Waals surface area contributed by atoms with Gasteiger partial charge in [0.1, 0.15) is 0 Å². The quantitative estimate of drug-likeness (QED) is 0.646. The highest BCUT2D eigenvalue weighted by atomic mass is 16.1. The van der Waals surface area contributed by atoms with E-state index in [0.29, 0.717) is 6.54 Å². The third-order valence-electron chi connectivity index (χ3n) is 3.11. The fourth-order valence-corrected chi connectivity index (χ4v) is 2.30. The molecule has 0 bridgehead atoms. The lowest BCUT2D eigenvalue weighted by molar-refractivity contribution is 0.739. The number of benzene rings is 1. The Bertz CT molecular complexity index is 780. The zero-order chi connectivity index (χ0) is 13.4. The van der Waals surface area contributed by atoms with Crippen LogP contribution in [0, 0.1) is 0 Å². The number of rotatable bonds is 3. The molecule has 1 aromatic carbocycles. The zero-order valence-electron chi connectivity index (χ0n) is 10.6. The van der Waals surface area contributed by atoms with Gasteiger partial charge in [0.2, 0.25) is 0 Å². The first-order valence-corrected chi connectivity index (χ1v) is 6.12. The van der Waals surface area contributed by atoms with Gasteiger partial charge in [0.15, 0.2) is 0 Å². The van der Waals surface area contributed by atoms with Crippen molar-refractivity contribution in [1.82, 2.24) is 19.7 Å². The molecule has 6 heteroatoms. The first kappa shape index (κ1) is 11.7. The summed E-state index contributed by atoms with van der Waals surface area (Å²) >= 11 is 0. The van der Waals surface area contributed by atoms with Crippen LogP contribution in [0.4, 0.5) is 0 Å². The van der Waals surface area contributed by atoms with E-state index < -0.39 is 0 Å². The Morgan fingerprint density at radius 1 is 1.32 bits per heavy atom. The van der Waals surface area contributed by atoms with Crippen molar-refractivity contribution in [3.8, 4) is 11.1 Å². The highest BCUT2D eigenvalue weighted by Gasteiger charge is 2.10. The molecule has 0 saturated carbocycles. The molecular weight excluding hydrogens is 242 g/mol. The van der Waals surface area contributed by atoms with Gasteiger partial charge in [0.05, 0.1) is 16.7 Å². The first-order chi connectivity index (χ1) is 9.17. The highest BCUT2D eigenvalue weighted by molar-refractivity contribution is 5.81. The number of nitrogens with two attached hydrogens (primary N) is 1.